The van der Waals surface area contributed by atoms with E-state index in [1.54, 1.807) is 24.3 Å². The third-order valence-corrected chi connectivity index (χ3v) is 5.40. The third-order valence-electron chi connectivity index (χ3n) is 3.98. The normalized spacial score (nSPS) is 12.6. The summed E-state index contributed by atoms with van der Waals surface area (Å²) in [6.07, 6.45) is 0.946. The molecule has 0 aromatic heterocycles. The van der Waals surface area contributed by atoms with E-state index in [2.05, 4.69) is 16.4 Å². The summed E-state index contributed by atoms with van der Waals surface area (Å²) in [7, 11) is -2.20. The molecule has 0 aliphatic heterocycles. The first kappa shape index (κ1) is 19.1. The predicted octanol–water partition coefficient (Wildman–Crippen LogP) is 3.22. The number of ether oxygens (including phenoxy) is 1. The van der Waals surface area contributed by atoms with E-state index < -0.39 is 16.0 Å². The van der Waals surface area contributed by atoms with Crippen LogP contribution in [0.1, 0.15) is 46.9 Å². The average Bonchev–Trinajstić information content (AvgIpc) is 2.61. The van der Waals surface area contributed by atoms with Gasteiger partial charge >= 0.3 is 5.97 Å². The zero-order valence-corrected chi connectivity index (χ0v) is 15.5. The van der Waals surface area contributed by atoms with Crippen LogP contribution in [0.15, 0.2) is 48.5 Å². The fourth-order valence-corrected chi connectivity index (χ4v) is 3.88. The Kier molecular flexibility index (Phi) is 6.33. The first-order valence-electron chi connectivity index (χ1n) is 8.10. The largest absolute Gasteiger partial charge is 0.465 e. The molecule has 0 unspecified atom stereocenters. The molecule has 1 atom stereocenters. The lowest BCUT2D eigenvalue weighted by Gasteiger charge is -2.15. The molecule has 25 heavy (non-hydrogen) atoms. The summed E-state index contributed by atoms with van der Waals surface area (Å²) >= 11 is 0. The zero-order valence-electron chi connectivity index (χ0n) is 14.7. The summed E-state index contributed by atoms with van der Waals surface area (Å²) in [6.45, 7) is 3.89. The fourth-order valence-electron chi connectivity index (χ4n) is 2.50. The van der Waals surface area contributed by atoms with E-state index in [4.69, 9.17) is 0 Å². The Hall–Kier alpha value is -2.18. The van der Waals surface area contributed by atoms with Crippen LogP contribution in [0, 0.1) is 0 Å². The number of rotatable bonds is 7. The quantitative estimate of drug-likeness (QED) is 0.769. The van der Waals surface area contributed by atoms with E-state index in [1.807, 2.05) is 31.2 Å². The van der Waals surface area contributed by atoms with Crippen molar-refractivity contribution in [1.82, 2.24) is 4.72 Å². The van der Waals surface area contributed by atoms with Crippen molar-refractivity contribution < 1.29 is 17.9 Å². The van der Waals surface area contributed by atoms with E-state index in [0.29, 0.717) is 11.1 Å². The number of aryl methyl sites for hydroxylation is 1. The lowest BCUT2D eigenvalue weighted by Crippen LogP contribution is -2.28. The van der Waals surface area contributed by atoms with Gasteiger partial charge in [0.05, 0.1) is 18.4 Å². The Morgan fingerprint density at radius 1 is 1.04 bits per heavy atom. The molecule has 2 rings (SSSR count). The molecule has 2 aromatic rings. The average molecular weight is 361 g/mol. The predicted molar refractivity (Wildman–Crippen MR) is 97.8 cm³/mol. The molecular weight excluding hydrogens is 338 g/mol. The molecule has 0 fully saturated rings. The van der Waals surface area contributed by atoms with Gasteiger partial charge < -0.3 is 4.74 Å². The van der Waals surface area contributed by atoms with Crippen LogP contribution in [0.25, 0.3) is 0 Å². The number of carbonyl (C=O) groups excluding carboxylic acids is 1. The molecule has 0 aliphatic rings. The van der Waals surface area contributed by atoms with Crippen molar-refractivity contribution in [1.29, 1.82) is 0 Å². The van der Waals surface area contributed by atoms with Crippen LogP contribution in [0.3, 0.4) is 0 Å². The van der Waals surface area contributed by atoms with Crippen LogP contribution >= 0.6 is 0 Å². The van der Waals surface area contributed by atoms with Gasteiger partial charge in [-0.2, -0.15) is 0 Å². The molecule has 0 aliphatic carbocycles. The summed E-state index contributed by atoms with van der Waals surface area (Å²) in [5, 5.41) is 0. The lowest BCUT2D eigenvalue weighted by atomic mass is 10.1. The smallest absolute Gasteiger partial charge is 0.337 e. The Morgan fingerprint density at radius 3 is 2.12 bits per heavy atom. The second-order valence-corrected chi connectivity index (χ2v) is 7.64. The van der Waals surface area contributed by atoms with E-state index in [9.17, 15) is 13.2 Å². The molecule has 2 aromatic carbocycles. The van der Waals surface area contributed by atoms with E-state index in [-0.39, 0.29) is 11.8 Å². The Labute approximate surface area is 149 Å². The second kappa shape index (κ2) is 8.27. The number of esters is 1. The second-order valence-electron chi connectivity index (χ2n) is 5.88. The van der Waals surface area contributed by atoms with Crippen molar-refractivity contribution in [3.63, 3.8) is 0 Å². The summed E-state index contributed by atoms with van der Waals surface area (Å²) in [5.74, 6) is -0.595. The number of carbonyl (C=O) groups is 1. The van der Waals surface area contributed by atoms with Gasteiger partial charge in [0.1, 0.15) is 0 Å². The fraction of sp³-hybridized carbons (Fsp3) is 0.316. The first-order valence-corrected chi connectivity index (χ1v) is 9.76. The molecule has 134 valence electrons. The lowest BCUT2D eigenvalue weighted by molar-refractivity contribution is 0.0600. The Bertz CT molecular complexity index is 812. The zero-order chi connectivity index (χ0) is 18.4. The molecular formula is C19H23NO4S. The maximum Gasteiger partial charge on any atom is 0.337 e. The van der Waals surface area contributed by atoms with Gasteiger partial charge in [-0.15, -0.1) is 0 Å². The molecule has 0 amide bonds. The number of hydrogen-bond acceptors (Lipinski definition) is 4. The summed E-state index contributed by atoms with van der Waals surface area (Å²) < 4.78 is 32.1. The van der Waals surface area contributed by atoms with Gasteiger partial charge in [-0.1, -0.05) is 43.3 Å². The highest BCUT2D eigenvalue weighted by Gasteiger charge is 2.17. The topological polar surface area (TPSA) is 72.5 Å². The van der Waals surface area contributed by atoms with E-state index in [0.717, 1.165) is 12.0 Å². The van der Waals surface area contributed by atoms with Gasteiger partial charge in [0, 0.05) is 6.04 Å². The SMILES string of the molecule is CCc1ccc([C@H](C)NS(=O)(=O)Cc2ccc(C(=O)OC)cc2)cc1. The molecule has 0 bridgehead atoms. The number of nitrogens with one attached hydrogen (secondary N) is 1. The number of benzene rings is 2. The molecule has 0 heterocycles. The van der Waals surface area contributed by atoms with Gasteiger partial charge in [-0.05, 0) is 42.2 Å². The Balaban J connectivity index is 2.04. The molecule has 1 N–H and O–H groups in total. The molecule has 5 nitrogen and oxygen atoms in total. The van der Waals surface area contributed by atoms with Crippen LogP contribution in [0.4, 0.5) is 0 Å². The van der Waals surface area contributed by atoms with Gasteiger partial charge in [0.15, 0.2) is 0 Å². The number of methoxy groups -OCH3 is 1. The molecule has 0 spiro atoms. The first-order chi connectivity index (χ1) is 11.8. The highest BCUT2D eigenvalue weighted by atomic mass is 32.2. The standard InChI is InChI=1S/C19H23NO4S/c1-4-15-5-9-17(10-6-15)14(2)20-25(22,23)13-16-7-11-18(12-8-16)19(21)24-3/h5-12,14,20H,4,13H2,1-3H3/t14-/m0/s1. The van der Waals surface area contributed by atoms with E-state index >= 15 is 0 Å². The van der Waals surface area contributed by atoms with Gasteiger partial charge in [0.2, 0.25) is 10.0 Å². The van der Waals surface area contributed by atoms with Crippen molar-refractivity contribution in [2.45, 2.75) is 32.1 Å². The molecule has 0 saturated carbocycles. The number of hydrogen-bond donors (Lipinski definition) is 1. The molecule has 0 saturated heterocycles. The van der Waals surface area contributed by atoms with Crippen LogP contribution in [0.5, 0.6) is 0 Å². The maximum atomic E-state index is 12.4. The highest BCUT2D eigenvalue weighted by molar-refractivity contribution is 7.88. The van der Waals surface area contributed by atoms with Crippen LogP contribution in [-0.4, -0.2) is 21.5 Å². The summed E-state index contributed by atoms with van der Waals surface area (Å²) in [6, 6.07) is 13.9. The minimum Gasteiger partial charge on any atom is -0.465 e. The van der Waals surface area contributed by atoms with Crippen LogP contribution in [0.2, 0.25) is 0 Å². The van der Waals surface area contributed by atoms with Crippen molar-refractivity contribution in [3.05, 3.63) is 70.8 Å². The monoisotopic (exact) mass is 361 g/mol. The summed E-state index contributed by atoms with van der Waals surface area (Å²) in [4.78, 5) is 11.4. The Morgan fingerprint density at radius 2 is 1.60 bits per heavy atom. The molecule has 6 heteroatoms. The third kappa shape index (κ3) is 5.41. The van der Waals surface area contributed by atoms with Crippen molar-refractivity contribution in [2.75, 3.05) is 7.11 Å². The molecule has 0 radical (unpaired) electrons. The highest BCUT2D eigenvalue weighted by Crippen LogP contribution is 2.16. The van der Waals surface area contributed by atoms with Gasteiger partial charge in [-0.25, -0.2) is 17.9 Å². The van der Waals surface area contributed by atoms with Gasteiger partial charge in [0.25, 0.3) is 0 Å². The van der Waals surface area contributed by atoms with Crippen molar-refractivity contribution >= 4 is 16.0 Å². The van der Waals surface area contributed by atoms with Crippen LogP contribution < -0.4 is 4.72 Å². The van der Waals surface area contributed by atoms with Crippen molar-refractivity contribution in [2.24, 2.45) is 0 Å². The van der Waals surface area contributed by atoms with Crippen LogP contribution in [-0.2, 0) is 26.9 Å². The van der Waals surface area contributed by atoms with Crippen molar-refractivity contribution in [3.8, 4) is 0 Å². The minimum absolute atomic E-state index is 0.147. The minimum atomic E-state index is -3.50. The van der Waals surface area contributed by atoms with E-state index in [1.165, 1.54) is 12.7 Å². The summed E-state index contributed by atoms with van der Waals surface area (Å²) in [5.41, 5.74) is 3.13. The maximum absolute atomic E-state index is 12.4. The van der Waals surface area contributed by atoms with Gasteiger partial charge in [-0.3, -0.25) is 0 Å². The number of sulfonamides is 1.